The number of hydrogen-bond donors (Lipinski definition) is 2. The first-order chi connectivity index (χ1) is 7.32. The van der Waals surface area contributed by atoms with Crippen molar-refractivity contribution in [3.8, 4) is 0 Å². The normalized spacial score (nSPS) is 33.2. The Morgan fingerprint density at radius 3 is 2.25 bits per heavy atom. The maximum atomic E-state index is 11.4. The fourth-order valence-electron chi connectivity index (χ4n) is 2.79. The Kier molecular flexibility index (Phi) is 5.53. The molecular formula is C11H22ClHgNO2. The third-order valence-corrected chi connectivity index (χ3v) is 10.3. The molecule has 1 aliphatic carbocycles. The summed E-state index contributed by atoms with van der Waals surface area (Å²) in [5, 5.41) is 20.2. The molecule has 1 rings (SSSR count). The minimum atomic E-state index is -1.37. The molecule has 0 aromatic rings. The van der Waals surface area contributed by atoms with Crippen molar-refractivity contribution in [3.63, 3.8) is 0 Å². The molecule has 1 fully saturated rings. The second-order valence-electron chi connectivity index (χ2n) is 6.16. The molecule has 5 heteroatoms. The molecule has 1 atom stereocenters. The van der Waals surface area contributed by atoms with Gasteiger partial charge in [0.05, 0.1) is 0 Å². The molecule has 0 aliphatic heterocycles. The fourth-order valence-corrected chi connectivity index (χ4v) is 10.1. The van der Waals surface area contributed by atoms with Crippen LogP contribution in [0, 0.1) is 16.5 Å². The van der Waals surface area contributed by atoms with Crippen LogP contribution in [0.3, 0.4) is 0 Å². The predicted octanol–water partition coefficient (Wildman–Crippen LogP) is 2.39. The molecule has 0 aromatic carbocycles. The molecule has 3 nitrogen and oxygen atoms in total. The van der Waals surface area contributed by atoms with Gasteiger partial charge in [-0.2, -0.15) is 0 Å². The van der Waals surface area contributed by atoms with Gasteiger partial charge in [-0.3, -0.25) is 0 Å². The van der Waals surface area contributed by atoms with Crippen molar-refractivity contribution in [1.29, 1.82) is 0 Å². The zero-order chi connectivity index (χ0) is 12.4. The second kappa shape index (κ2) is 5.83. The molecule has 92 valence electrons. The molecule has 1 aliphatic rings. The summed E-state index contributed by atoms with van der Waals surface area (Å²) in [5.41, 5.74) is -0.124. The SMILES string of the molecule is CC(C)(C)C1CCC([CH2][Hg][Cl])([NH+]([O-])O)CC1. The van der Waals surface area contributed by atoms with Crippen molar-refractivity contribution in [2.24, 2.45) is 11.3 Å². The van der Waals surface area contributed by atoms with Crippen LogP contribution in [0.15, 0.2) is 0 Å². The van der Waals surface area contributed by atoms with Crippen molar-refractivity contribution in [3.05, 3.63) is 5.21 Å². The van der Waals surface area contributed by atoms with E-state index in [2.05, 4.69) is 20.8 Å². The van der Waals surface area contributed by atoms with E-state index in [0.29, 0.717) is 11.3 Å². The molecule has 0 saturated heterocycles. The van der Waals surface area contributed by atoms with Crippen LogP contribution in [0.1, 0.15) is 46.5 Å². The van der Waals surface area contributed by atoms with Crippen LogP contribution >= 0.6 is 8.25 Å². The predicted molar refractivity (Wildman–Crippen MR) is 60.9 cm³/mol. The van der Waals surface area contributed by atoms with Gasteiger partial charge in [0.1, 0.15) is 0 Å². The molecule has 16 heavy (non-hydrogen) atoms. The van der Waals surface area contributed by atoms with E-state index in [-0.39, 0.29) is 0 Å². The van der Waals surface area contributed by atoms with Crippen LogP contribution in [0.25, 0.3) is 0 Å². The van der Waals surface area contributed by atoms with Crippen LogP contribution in [-0.4, -0.2) is 10.7 Å². The number of quaternary nitrogens is 1. The average Bonchev–Trinajstić information content (AvgIpc) is 2.17. The van der Waals surface area contributed by atoms with Gasteiger partial charge >= 0.3 is 114 Å². The third-order valence-electron chi connectivity index (χ3n) is 4.19. The molecule has 1 unspecified atom stereocenters. The van der Waals surface area contributed by atoms with E-state index in [0.717, 1.165) is 29.6 Å². The van der Waals surface area contributed by atoms with Crippen LogP contribution in [0.5, 0.6) is 0 Å². The first-order valence-corrected chi connectivity index (χ1v) is 16.8. The van der Waals surface area contributed by atoms with Gasteiger partial charge in [0, 0.05) is 0 Å². The van der Waals surface area contributed by atoms with Crippen molar-refractivity contribution in [1.82, 2.24) is 0 Å². The summed E-state index contributed by atoms with van der Waals surface area (Å²) in [6.45, 7) is 6.77. The zero-order valence-corrected chi connectivity index (χ0v) is 16.8. The standard InChI is InChI=1S/C11H22NO2.ClH.Hg/c1-10(2,3)9-5-7-11(4,8-6-9)12(13)14;;/h9,12-13H,4-8H2,1-3H3;1H;/q;;+1/p-1. The number of hydroxylamine groups is 2. The van der Waals surface area contributed by atoms with Crippen LogP contribution in [0.2, 0.25) is 3.93 Å². The van der Waals surface area contributed by atoms with Crippen molar-refractivity contribution in [2.45, 2.75) is 55.9 Å². The molecule has 2 N–H and O–H groups in total. The van der Waals surface area contributed by atoms with Gasteiger partial charge in [-0.1, -0.05) is 0 Å². The quantitative estimate of drug-likeness (QED) is 0.528. The van der Waals surface area contributed by atoms with Gasteiger partial charge in [0.2, 0.25) is 0 Å². The van der Waals surface area contributed by atoms with Gasteiger partial charge in [-0.25, -0.2) is 0 Å². The number of rotatable bonds is 3. The summed E-state index contributed by atoms with van der Waals surface area (Å²) >= 11 is -1.37. The Morgan fingerprint density at radius 1 is 1.44 bits per heavy atom. The van der Waals surface area contributed by atoms with Gasteiger partial charge < -0.3 is 0 Å². The average molecular weight is 436 g/mol. The summed E-state index contributed by atoms with van der Waals surface area (Å²) < 4.78 is 0.834. The maximum absolute atomic E-state index is 11.4. The van der Waals surface area contributed by atoms with Crippen LogP contribution < -0.4 is 5.23 Å². The molecule has 0 bridgehead atoms. The van der Waals surface area contributed by atoms with E-state index in [1.165, 1.54) is 0 Å². The van der Waals surface area contributed by atoms with E-state index < -0.39 is 34.1 Å². The summed E-state index contributed by atoms with van der Waals surface area (Å²) in [5.74, 6) is 0.673. The molecule has 0 amide bonds. The van der Waals surface area contributed by atoms with E-state index in [1.807, 2.05) is 0 Å². The minimum absolute atomic E-state index is 0.315. The zero-order valence-electron chi connectivity index (χ0n) is 10.6. The van der Waals surface area contributed by atoms with Crippen LogP contribution in [-0.2, 0) is 23.3 Å². The summed E-state index contributed by atoms with van der Waals surface area (Å²) in [7, 11) is 5.95. The molecular weight excluding hydrogens is 414 g/mol. The Labute approximate surface area is 114 Å². The summed E-state index contributed by atoms with van der Waals surface area (Å²) in [6.07, 6.45) is 3.80. The van der Waals surface area contributed by atoms with Crippen molar-refractivity contribution in [2.75, 3.05) is 0 Å². The van der Waals surface area contributed by atoms with Gasteiger partial charge in [-0.05, 0) is 0 Å². The Morgan fingerprint density at radius 2 is 1.94 bits per heavy atom. The fraction of sp³-hybridized carbons (Fsp3) is 1.00. The second-order valence-corrected chi connectivity index (χ2v) is 12.9. The molecule has 0 radical (unpaired) electrons. The Bertz CT molecular complexity index is 223. The van der Waals surface area contributed by atoms with Crippen molar-refractivity contribution >= 4 is 8.25 Å². The van der Waals surface area contributed by atoms with E-state index in [4.69, 9.17) is 8.25 Å². The van der Waals surface area contributed by atoms with Gasteiger partial charge in [0.25, 0.3) is 0 Å². The van der Waals surface area contributed by atoms with Gasteiger partial charge in [-0.15, -0.1) is 0 Å². The van der Waals surface area contributed by atoms with E-state index >= 15 is 0 Å². The number of nitrogens with one attached hydrogen (secondary N) is 1. The molecule has 0 spiro atoms. The topological polar surface area (TPSA) is 47.7 Å². The monoisotopic (exact) mass is 437 g/mol. The first-order valence-electron chi connectivity index (χ1n) is 6.11. The first kappa shape index (κ1) is 15.2. The van der Waals surface area contributed by atoms with Crippen molar-refractivity contribution < 1.29 is 33.8 Å². The van der Waals surface area contributed by atoms with Gasteiger partial charge in [0.15, 0.2) is 0 Å². The third kappa shape index (κ3) is 3.55. The molecule has 0 heterocycles. The summed E-state index contributed by atoms with van der Waals surface area (Å²) in [6, 6.07) is 0. The summed E-state index contributed by atoms with van der Waals surface area (Å²) in [4.78, 5) is 0. The molecule has 1 saturated carbocycles. The van der Waals surface area contributed by atoms with E-state index in [9.17, 15) is 10.4 Å². The Hall–Kier alpha value is 1.11. The van der Waals surface area contributed by atoms with E-state index in [1.54, 1.807) is 0 Å². The van der Waals surface area contributed by atoms with Crippen LogP contribution in [0.4, 0.5) is 0 Å². The molecule has 0 aromatic heterocycles. The number of hydrogen-bond acceptors (Lipinski definition) is 2. The number of halogens is 1. The Balaban J connectivity index is 2.63.